The van der Waals surface area contributed by atoms with E-state index in [2.05, 4.69) is 5.32 Å². The molecule has 0 radical (unpaired) electrons. The third kappa shape index (κ3) is 4.29. The molecule has 0 unspecified atom stereocenters. The van der Waals surface area contributed by atoms with Crippen LogP contribution in [0.4, 0.5) is 4.39 Å². The van der Waals surface area contributed by atoms with Gasteiger partial charge in [-0.05, 0) is 36.5 Å². The molecule has 4 nitrogen and oxygen atoms in total. The lowest BCUT2D eigenvalue weighted by atomic mass is 9.76. The maximum Gasteiger partial charge on any atom is 0.243 e. The highest BCUT2D eigenvalue weighted by Crippen LogP contribution is 2.36. The lowest BCUT2D eigenvalue weighted by Gasteiger charge is -2.36. The number of primary amides is 1. The summed E-state index contributed by atoms with van der Waals surface area (Å²) in [5.74, 6) is -0.117. The molecule has 0 aliphatic heterocycles. The molecule has 1 aromatic carbocycles. The Balaban J connectivity index is 1.59. The Morgan fingerprint density at radius 2 is 2.05 bits per heavy atom. The van der Waals surface area contributed by atoms with E-state index in [0.717, 1.165) is 12.8 Å². The van der Waals surface area contributed by atoms with Crippen molar-refractivity contribution in [3.8, 4) is 0 Å². The highest BCUT2D eigenvalue weighted by atomic mass is 19.1. The Hall–Kier alpha value is -1.46. The van der Waals surface area contributed by atoms with E-state index in [1.54, 1.807) is 0 Å². The molecule has 5 heteroatoms. The summed E-state index contributed by atoms with van der Waals surface area (Å²) in [5.41, 5.74) is 6.15. The van der Waals surface area contributed by atoms with Crippen LogP contribution in [0.5, 0.6) is 0 Å². The molecule has 104 valence electrons. The van der Waals surface area contributed by atoms with Crippen LogP contribution in [0.15, 0.2) is 24.3 Å². The van der Waals surface area contributed by atoms with E-state index in [-0.39, 0.29) is 12.4 Å². The largest absolute Gasteiger partial charge is 0.370 e. The second-order valence-corrected chi connectivity index (χ2v) is 4.89. The summed E-state index contributed by atoms with van der Waals surface area (Å²) in [7, 11) is 0. The highest BCUT2D eigenvalue weighted by Gasteiger charge is 2.29. The van der Waals surface area contributed by atoms with E-state index in [1.165, 1.54) is 17.7 Å². The van der Waals surface area contributed by atoms with Gasteiger partial charge in [-0.15, -0.1) is 0 Å². The Bertz CT molecular complexity index is 416. The topological polar surface area (TPSA) is 64.4 Å². The third-order valence-electron chi connectivity index (χ3n) is 3.40. The zero-order valence-electron chi connectivity index (χ0n) is 10.8. The first-order valence-electron chi connectivity index (χ1n) is 6.50. The van der Waals surface area contributed by atoms with Gasteiger partial charge in [-0.2, -0.15) is 0 Å². The summed E-state index contributed by atoms with van der Waals surface area (Å²) in [6.45, 7) is 1.18. The lowest BCUT2D eigenvalue weighted by molar-refractivity contribution is -0.122. The van der Waals surface area contributed by atoms with Crippen molar-refractivity contribution in [2.75, 3.05) is 19.8 Å². The number of carbonyl (C=O) groups excluding carboxylic acids is 1. The number of rotatable bonds is 7. The lowest BCUT2D eigenvalue weighted by Crippen LogP contribution is -2.41. The van der Waals surface area contributed by atoms with Crippen molar-refractivity contribution in [3.05, 3.63) is 35.6 Å². The Kier molecular flexibility index (Phi) is 4.87. The molecule has 0 bridgehead atoms. The molecule has 19 heavy (non-hydrogen) atoms. The van der Waals surface area contributed by atoms with Crippen molar-refractivity contribution in [1.29, 1.82) is 0 Å². The number of carbonyl (C=O) groups is 1. The maximum atomic E-state index is 12.8. The molecule has 1 fully saturated rings. The van der Waals surface area contributed by atoms with E-state index in [0.29, 0.717) is 25.1 Å². The zero-order valence-corrected chi connectivity index (χ0v) is 10.8. The molecule has 0 aromatic heterocycles. The number of amides is 1. The SMILES string of the molecule is NC(=O)COCCNC1CC(c2ccc(F)cc2)C1. The molecule has 1 aliphatic carbocycles. The number of hydrogen-bond donors (Lipinski definition) is 2. The van der Waals surface area contributed by atoms with Gasteiger partial charge in [0.25, 0.3) is 0 Å². The molecule has 0 atom stereocenters. The predicted octanol–water partition coefficient (Wildman–Crippen LogP) is 1.16. The second kappa shape index (κ2) is 6.63. The molecule has 0 spiro atoms. The van der Waals surface area contributed by atoms with Crippen LogP contribution in [-0.4, -0.2) is 31.7 Å². The monoisotopic (exact) mass is 266 g/mol. The average molecular weight is 266 g/mol. The smallest absolute Gasteiger partial charge is 0.243 e. The van der Waals surface area contributed by atoms with Crippen molar-refractivity contribution in [2.45, 2.75) is 24.8 Å². The minimum absolute atomic E-state index is 0.0233. The van der Waals surface area contributed by atoms with Gasteiger partial charge in [-0.1, -0.05) is 12.1 Å². The van der Waals surface area contributed by atoms with E-state index in [1.807, 2.05) is 12.1 Å². The van der Waals surface area contributed by atoms with Crippen LogP contribution in [0, 0.1) is 5.82 Å². The van der Waals surface area contributed by atoms with Crippen LogP contribution in [-0.2, 0) is 9.53 Å². The van der Waals surface area contributed by atoms with Gasteiger partial charge in [-0.3, -0.25) is 4.79 Å². The minimum atomic E-state index is -0.444. The minimum Gasteiger partial charge on any atom is -0.370 e. The molecule has 2 rings (SSSR count). The number of benzene rings is 1. The number of hydrogen-bond acceptors (Lipinski definition) is 3. The van der Waals surface area contributed by atoms with Crippen molar-refractivity contribution < 1.29 is 13.9 Å². The van der Waals surface area contributed by atoms with Crippen molar-refractivity contribution in [3.63, 3.8) is 0 Å². The van der Waals surface area contributed by atoms with Gasteiger partial charge in [0.05, 0.1) is 6.61 Å². The first kappa shape index (κ1) is 14.0. The van der Waals surface area contributed by atoms with E-state index >= 15 is 0 Å². The summed E-state index contributed by atoms with van der Waals surface area (Å²) in [6.07, 6.45) is 2.11. The molecule has 0 saturated heterocycles. The summed E-state index contributed by atoms with van der Waals surface area (Å²) in [6, 6.07) is 7.20. The predicted molar refractivity (Wildman–Crippen MR) is 70.2 cm³/mol. The number of nitrogens with two attached hydrogens (primary N) is 1. The molecule has 0 heterocycles. The van der Waals surface area contributed by atoms with Crippen molar-refractivity contribution in [1.82, 2.24) is 5.32 Å². The van der Waals surface area contributed by atoms with Gasteiger partial charge >= 0.3 is 0 Å². The Labute approximate surface area is 112 Å². The molecular weight excluding hydrogens is 247 g/mol. The van der Waals surface area contributed by atoms with Gasteiger partial charge in [0.15, 0.2) is 0 Å². The normalized spacial score (nSPS) is 21.9. The Morgan fingerprint density at radius 1 is 1.37 bits per heavy atom. The van der Waals surface area contributed by atoms with E-state index in [4.69, 9.17) is 10.5 Å². The molecular formula is C14H19FN2O2. The van der Waals surface area contributed by atoms with Crippen molar-refractivity contribution >= 4 is 5.91 Å². The van der Waals surface area contributed by atoms with Crippen LogP contribution in [0.25, 0.3) is 0 Å². The first-order valence-corrected chi connectivity index (χ1v) is 6.50. The van der Waals surface area contributed by atoms with Crippen LogP contribution < -0.4 is 11.1 Å². The van der Waals surface area contributed by atoms with E-state index in [9.17, 15) is 9.18 Å². The van der Waals surface area contributed by atoms with Gasteiger partial charge in [0.1, 0.15) is 12.4 Å². The van der Waals surface area contributed by atoms with Gasteiger partial charge in [0, 0.05) is 12.6 Å². The standard InChI is InChI=1S/C14H19FN2O2/c15-12-3-1-10(2-4-12)11-7-13(8-11)17-5-6-19-9-14(16)18/h1-4,11,13,17H,5-9H2,(H2,16,18). The fourth-order valence-electron chi connectivity index (χ4n) is 2.30. The summed E-state index contributed by atoms with van der Waals surface area (Å²) >= 11 is 0. The van der Waals surface area contributed by atoms with Crippen LogP contribution in [0.1, 0.15) is 24.3 Å². The molecule has 1 amide bonds. The van der Waals surface area contributed by atoms with Gasteiger partial charge in [0.2, 0.25) is 5.91 Å². The molecule has 1 aromatic rings. The second-order valence-electron chi connectivity index (χ2n) is 4.89. The fourth-order valence-corrected chi connectivity index (χ4v) is 2.30. The van der Waals surface area contributed by atoms with Crippen LogP contribution in [0.3, 0.4) is 0 Å². The van der Waals surface area contributed by atoms with Crippen LogP contribution in [0.2, 0.25) is 0 Å². The Morgan fingerprint density at radius 3 is 2.68 bits per heavy atom. The summed E-state index contributed by atoms with van der Waals surface area (Å²) in [4.78, 5) is 10.4. The number of nitrogens with one attached hydrogen (secondary N) is 1. The molecule has 1 saturated carbocycles. The summed E-state index contributed by atoms with van der Waals surface area (Å²) in [5, 5.41) is 3.35. The zero-order chi connectivity index (χ0) is 13.7. The van der Waals surface area contributed by atoms with Crippen molar-refractivity contribution in [2.24, 2.45) is 5.73 Å². The van der Waals surface area contributed by atoms with E-state index < -0.39 is 5.91 Å². The van der Waals surface area contributed by atoms with Gasteiger partial charge in [-0.25, -0.2) is 4.39 Å². The molecule has 1 aliphatic rings. The fraction of sp³-hybridized carbons (Fsp3) is 0.500. The quantitative estimate of drug-likeness (QED) is 0.728. The highest BCUT2D eigenvalue weighted by molar-refractivity contribution is 5.74. The first-order chi connectivity index (χ1) is 9.15. The maximum absolute atomic E-state index is 12.8. The summed E-state index contributed by atoms with van der Waals surface area (Å²) < 4.78 is 17.8. The number of ether oxygens (including phenoxy) is 1. The van der Waals surface area contributed by atoms with Gasteiger partial charge < -0.3 is 15.8 Å². The number of halogens is 1. The van der Waals surface area contributed by atoms with Crippen LogP contribution >= 0.6 is 0 Å². The molecule has 3 N–H and O–H groups in total. The third-order valence-corrected chi connectivity index (χ3v) is 3.40. The average Bonchev–Trinajstić information content (AvgIpc) is 2.32.